The van der Waals surface area contributed by atoms with Crippen LogP contribution in [0.1, 0.15) is 32.8 Å². The molecule has 1 aromatic rings. The number of ether oxygens (including phenoxy) is 2. The van der Waals surface area contributed by atoms with E-state index in [2.05, 4.69) is 4.74 Å². The number of likely N-dealkylation sites (tertiary alicyclic amines) is 1. The molecule has 0 N–H and O–H groups in total. The Morgan fingerprint density at radius 3 is 2.35 bits per heavy atom. The van der Waals surface area contributed by atoms with Gasteiger partial charge in [0, 0.05) is 19.5 Å². The maximum Gasteiger partial charge on any atom is 0.321 e. The van der Waals surface area contributed by atoms with Crippen molar-refractivity contribution in [2.24, 2.45) is 5.41 Å². The van der Waals surface area contributed by atoms with E-state index in [1.165, 1.54) is 7.11 Å². The zero-order valence-corrected chi connectivity index (χ0v) is 16.3. The van der Waals surface area contributed by atoms with E-state index in [9.17, 15) is 14.4 Å². The molecule has 1 aromatic carbocycles. The minimum atomic E-state index is -1.05. The van der Waals surface area contributed by atoms with Crippen LogP contribution in [0.25, 0.3) is 0 Å². The van der Waals surface area contributed by atoms with Gasteiger partial charge < -0.3 is 14.4 Å². The van der Waals surface area contributed by atoms with Crippen LogP contribution >= 0.6 is 0 Å². The Morgan fingerprint density at radius 1 is 1.27 bits per heavy atom. The molecule has 26 heavy (non-hydrogen) atoms. The predicted octanol–water partition coefficient (Wildman–Crippen LogP) is 2.25. The van der Waals surface area contributed by atoms with Crippen molar-refractivity contribution in [1.29, 1.82) is 0 Å². The summed E-state index contributed by atoms with van der Waals surface area (Å²) in [5.74, 6) is -0.436. The summed E-state index contributed by atoms with van der Waals surface area (Å²) in [5.41, 5.74) is -0.387. The molecule has 1 fully saturated rings. The molecule has 0 bridgehead atoms. The van der Waals surface area contributed by atoms with Crippen molar-refractivity contribution in [3.8, 4) is 0 Å². The first-order valence-electron chi connectivity index (χ1n) is 8.60. The zero-order valence-electron chi connectivity index (χ0n) is 16.3. The molecule has 0 radical (unpaired) electrons. The highest BCUT2D eigenvalue weighted by atomic mass is 16.5. The number of hydrogen-bond acceptors (Lipinski definition) is 6. The molecule has 6 heteroatoms. The number of benzene rings is 1. The predicted molar refractivity (Wildman–Crippen MR) is 98.6 cm³/mol. The number of methoxy groups -OCH3 is 1. The Labute approximate surface area is 155 Å². The minimum Gasteiger partial charge on any atom is -0.468 e. The molecule has 2 rings (SSSR count). The van der Waals surface area contributed by atoms with Gasteiger partial charge in [-0.2, -0.15) is 0 Å². The van der Waals surface area contributed by atoms with E-state index < -0.39 is 11.4 Å². The monoisotopic (exact) mass is 363 g/mol. The summed E-state index contributed by atoms with van der Waals surface area (Å²) in [7, 11) is 3.27. The quantitative estimate of drug-likeness (QED) is 0.464. The van der Waals surface area contributed by atoms with Crippen LogP contribution in [0.3, 0.4) is 0 Å². The van der Waals surface area contributed by atoms with Gasteiger partial charge in [0.25, 0.3) is 6.47 Å². The van der Waals surface area contributed by atoms with Crippen LogP contribution < -0.4 is 0 Å². The first-order valence-corrected chi connectivity index (χ1v) is 8.60. The number of esters is 1. The fourth-order valence-electron chi connectivity index (χ4n) is 2.85. The Kier molecular flexibility index (Phi) is 7.96. The third kappa shape index (κ3) is 6.26. The van der Waals surface area contributed by atoms with Crippen molar-refractivity contribution in [1.82, 2.24) is 4.90 Å². The van der Waals surface area contributed by atoms with E-state index >= 15 is 0 Å². The first-order chi connectivity index (χ1) is 12.1. The molecule has 1 heterocycles. The molecule has 1 unspecified atom stereocenters. The molecule has 0 aliphatic carbocycles. The molecule has 1 aliphatic rings. The second kappa shape index (κ2) is 9.48. The SMILES string of the molecule is CC(C)(C)OC=O.COC(=O)C1(Cc2ccccc2)CN(C)CCC1=O. The van der Waals surface area contributed by atoms with Crippen LogP contribution in [0.15, 0.2) is 30.3 Å². The average Bonchev–Trinajstić information content (AvgIpc) is 2.58. The van der Waals surface area contributed by atoms with Crippen molar-refractivity contribution in [2.45, 2.75) is 39.2 Å². The smallest absolute Gasteiger partial charge is 0.321 e. The van der Waals surface area contributed by atoms with Crippen LogP contribution in [0.2, 0.25) is 0 Å². The van der Waals surface area contributed by atoms with E-state index in [0.29, 0.717) is 32.4 Å². The maximum absolute atomic E-state index is 12.3. The van der Waals surface area contributed by atoms with Crippen molar-refractivity contribution in [3.63, 3.8) is 0 Å². The highest BCUT2D eigenvalue weighted by Gasteiger charge is 2.49. The summed E-state index contributed by atoms with van der Waals surface area (Å²) >= 11 is 0. The maximum atomic E-state index is 12.3. The number of carbonyl (C=O) groups excluding carboxylic acids is 3. The highest BCUT2D eigenvalue weighted by Crippen LogP contribution is 2.31. The summed E-state index contributed by atoms with van der Waals surface area (Å²) in [6.07, 6.45) is 0.808. The molecule has 0 spiro atoms. The van der Waals surface area contributed by atoms with E-state index in [0.717, 1.165) is 5.56 Å². The Morgan fingerprint density at radius 2 is 1.88 bits per heavy atom. The topological polar surface area (TPSA) is 72.9 Å². The fraction of sp³-hybridized carbons (Fsp3) is 0.550. The van der Waals surface area contributed by atoms with Gasteiger partial charge in [-0.25, -0.2) is 0 Å². The molecule has 1 saturated heterocycles. The minimum absolute atomic E-state index is 0.0127. The Hall–Kier alpha value is -2.21. The summed E-state index contributed by atoms with van der Waals surface area (Å²) in [4.78, 5) is 36.1. The van der Waals surface area contributed by atoms with Crippen molar-refractivity contribution in [3.05, 3.63) is 35.9 Å². The number of ketones is 1. The molecular formula is C20H29NO5. The van der Waals surface area contributed by atoms with Crippen LogP contribution in [0.5, 0.6) is 0 Å². The number of piperidine rings is 1. The van der Waals surface area contributed by atoms with Crippen LogP contribution in [0, 0.1) is 5.41 Å². The molecular weight excluding hydrogens is 334 g/mol. The molecule has 0 aromatic heterocycles. The highest BCUT2D eigenvalue weighted by molar-refractivity contribution is 6.05. The van der Waals surface area contributed by atoms with E-state index in [1.807, 2.05) is 63.1 Å². The van der Waals surface area contributed by atoms with Gasteiger partial charge in [-0.05, 0) is 39.8 Å². The lowest BCUT2D eigenvalue weighted by atomic mass is 9.74. The largest absolute Gasteiger partial charge is 0.468 e. The molecule has 1 atom stereocenters. The van der Waals surface area contributed by atoms with Gasteiger partial charge in [-0.3, -0.25) is 14.4 Å². The molecule has 6 nitrogen and oxygen atoms in total. The van der Waals surface area contributed by atoms with Crippen molar-refractivity contribution >= 4 is 18.2 Å². The summed E-state index contributed by atoms with van der Waals surface area (Å²) in [5, 5.41) is 0. The second-order valence-corrected chi connectivity index (χ2v) is 7.47. The Balaban J connectivity index is 0.000000412. The van der Waals surface area contributed by atoms with Crippen molar-refractivity contribution in [2.75, 3.05) is 27.2 Å². The van der Waals surface area contributed by atoms with Gasteiger partial charge in [0.2, 0.25) is 0 Å². The molecule has 0 saturated carbocycles. The van der Waals surface area contributed by atoms with Crippen LogP contribution in [-0.4, -0.2) is 56.0 Å². The van der Waals surface area contributed by atoms with Crippen LogP contribution in [0.4, 0.5) is 0 Å². The van der Waals surface area contributed by atoms with Gasteiger partial charge in [0.1, 0.15) is 11.0 Å². The van der Waals surface area contributed by atoms with E-state index in [-0.39, 0.29) is 11.4 Å². The van der Waals surface area contributed by atoms with Gasteiger partial charge in [0.05, 0.1) is 7.11 Å². The van der Waals surface area contributed by atoms with Gasteiger partial charge in [-0.15, -0.1) is 0 Å². The third-order valence-electron chi connectivity index (χ3n) is 4.12. The third-order valence-corrected chi connectivity index (χ3v) is 4.12. The average molecular weight is 363 g/mol. The number of hydrogen-bond donors (Lipinski definition) is 0. The first kappa shape index (κ1) is 21.8. The summed E-state index contributed by atoms with van der Waals surface area (Å²) in [6, 6.07) is 9.62. The lowest BCUT2D eigenvalue weighted by molar-refractivity contribution is -0.161. The van der Waals surface area contributed by atoms with Gasteiger partial charge >= 0.3 is 5.97 Å². The summed E-state index contributed by atoms with van der Waals surface area (Å²) < 4.78 is 9.45. The Bertz CT molecular complexity index is 598. The fourth-order valence-corrected chi connectivity index (χ4v) is 2.85. The van der Waals surface area contributed by atoms with Crippen LogP contribution in [-0.2, 0) is 30.3 Å². The standard InChI is InChI=1S/C15H19NO3.C5H10O2/c1-16-9-8-13(17)15(11-16,14(18)19-2)10-12-6-4-3-5-7-12;1-5(2,3)7-4-6/h3-7H,8-11H2,1-2H3;4H,1-3H3. The van der Waals surface area contributed by atoms with Crippen molar-refractivity contribution < 1.29 is 23.9 Å². The lowest BCUT2D eigenvalue weighted by Gasteiger charge is -2.37. The molecule has 0 amide bonds. The van der Waals surface area contributed by atoms with Gasteiger partial charge in [0.15, 0.2) is 5.78 Å². The number of rotatable bonds is 4. The second-order valence-electron chi connectivity index (χ2n) is 7.47. The van der Waals surface area contributed by atoms with E-state index in [1.54, 1.807) is 0 Å². The number of Topliss-reactive ketones (excluding diaryl/α,β-unsaturated/α-hetero) is 1. The van der Waals surface area contributed by atoms with E-state index in [4.69, 9.17) is 4.74 Å². The number of nitrogens with zero attached hydrogens (tertiary/aromatic N) is 1. The lowest BCUT2D eigenvalue weighted by Crippen LogP contribution is -2.54. The molecule has 144 valence electrons. The van der Waals surface area contributed by atoms with Gasteiger partial charge in [-0.1, -0.05) is 30.3 Å². The molecule has 1 aliphatic heterocycles. The zero-order chi connectivity index (χ0) is 19.8. The summed E-state index contributed by atoms with van der Waals surface area (Å²) in [6.45, 7) is 7.05. The number of carbonyl (C=O) groups is 3. The normalized spacial score (nSPS) is 20.6.